The zero-order valence-corrected chi connectivity index (χ0v) is 9.66. The van der Waals surface area contributed by atoms with Crippen LogP contribution in [0.15, 0.2) is 0 Å². The molecule has 0 aliphatic heterocycles. The van der Waals surface area contributed by atoms with Gasteiger partial charge in [0.2, 0.25) is 0 Å². The fourth-order valence-corrected chi connectivity index (χ4v) is 0. The van der Waals surface area contributed by atoms with E-state index in [1.807, 2.05) is 0 Å². The van der Waals surface area contributed by atoms with Crippen molar-refractivity contribution in [2.45, 2.75) is 0 Å². The Morgan fingerprint density at radius 1 is 1.33 bits per heavy atom. The van der Waals surface area contributed by atoms with Crippen LogP contribution in [0.25, 0.3) is 0 Å². The SMILES string of the molecule is O=[N+]([O-])[O-].[Ag].[Hg+2]. The monoisotopic (exact) mass is 371 g/mol. The topological polar surface area (TPSA) is 66.2 Å². The quantitative estimate of drug-likeness (QED) is 0.336. The van der Waals surface area contributed by atoms with Crippen molar-refractivity contribution in [1.82, 2.24) is 0 Å². The molecule has 0 saturated carbocycles. The molecule has 0 aliphatic carbocycles. The smallest absolute Gasteiger partial charge is 0.356 e. The molecular weight excluding hydrogens is 370 g/mol. The molecule has 0 amide bonds. The minimum absolute atomic E-state index is 0. The summed E-state index contributed by atoms with van der Waals surface area (Å²) in [5.74, 6) is 0. The maximum absolute atomic E-state index is 8.25. The van der Waals surface area contributed by atoms with Gasteiger partial charge in [0.05, 0.1) is 5.09 Å². The molecule has 35 valence electrons. The van der Waals surface area contributed by atoms with Gasteiger partial charge in [0, 0.05) is 22.4 Å². The Hall–Kier alpha value is 0.875. The van der Waals surface area contributed by atoms with Gasteiger partial charge in [-0.1, -0.05) is 0 Å². The molecular formula is AgHgNO3+. The van der Waals surface area contributed by atoms with Crippen LogP contribution in [0.1, 0.15) is 0 Å². The summed E-state index contributed by atoms with van der Waals surface area (Å²) in [5.41, 5.74) is 0. The first-order chi connectivity index (χ1) is 1.73. The van der Waals surface area contributed by atoms with E-state index in [2.05, 4.69) is 0 Å². The first kappa shape index (κ1) is 15.8. The van der Waals surface area contributed by atoms with Crippen molar-refractivity contribution >= 4 is 0 Å². The van der Waals surface area contributed by atoms with Crippen LogP contribution in [0.3, 0.4) is 0 Å². The summed E-state index contributed by atoms with van der Waals surface area (Å²) < 4.78 is 0. The molecule has 0 saturated heterocycles. The van der Waals surface area contributed by atoms with E-state index in [9.17, 15) is 0 Å². The first-order valence-electron chi connectivity index (χ1n) is 0.548. The fourth-order valence-electron chi connectivity index (χ4n) is 0. The van der Waals surface area contributed by atoms with E-state index < -0.39 is 5.09 Å². The Morgan fingerprint density at radius 3 is 1.33 bits per heavy atom. The maximum Gasteiger partial charge on any atom is 2.00 e. The van der Waals surface area contributed by atoms with Gasteiger partial charge in [-0.3, -0.25) is 0 Å². The predicted octanol–water partition coefficient (Wildman–Crippen LogP) is -0.244. The Balaban J connectivity index is -0.0000000450. The molecule has 0 aromatic carbocycles. The summed E-state index contributed by atoms with van der Waals surface area (Å²) >= 11 is 0. The second-order valence-corrected chi connectivity index (χ2v) is 0.224. The van der Waals surface area contributed by atoms with Gasteiger partial charge in [-0.2, -0.15) is 0 Å². The zero-order chi connectivity index (χ0) is 3.58. The van der Waals surface area contributed by atoms with E-state index >= 15 is 0 Å². The summed E-state index contributed by atoms with van der Waals surface area (Å²) in [7, 11) is 0. The van der Waals surface area contributed by atoms with Crippen LogP contribution in [0.4, 0.5) is 0 Å². The Bertz CT molecular complexity index is 33.8. The van der Waals surface area contributed by atoms with Gasteiger partial charge in [-0.25, -0.2) is 0 Å². The molecule has 0 atom stereocenters. The largest absolute Gasteiger partial charge is 2.00 e. The van der Waals surface area contributed by atoms with Crippen LogP contribution >= 0.6 is 0 Å². The second kappa shape index (κ2) is 9.30. The van der Waals surface area contributed by atoms with Crippen LogP contribution in [-0.2, 0) is 50.0 Å². The molecule has 0 fully saturated rings. The molecule has 0 bridgehead atoms. The fraction of sp³-hybridized carbons (Fsp3) is 0. The van der Waals surface area contributed by atoms with Crippen LogP contribution in [-0.4, -0.2) is 5.09 Å². The summed E-state index contributed by atoms with van der Waals surface area (Å²) in [4.78, 5) is 8.25. The third-order valence-electron chi connectivity index (χ3n) is 0. The van der Waals surface area contributed by atoms with Crippen molar-refractivity contribution in [1.29, 1.82) is 0 Å². The van der Waals surface area contributed by atoms with Crippen LogP contribution < -0.4 is 0 Å². The van der Waals surface area contributed by atoms with Gasteiger partial charge < -0.3 is 15.3 Å². The van der Waals surface area contributed by atoms with Crippen LogP contribution in [0.5, 0.6) is 0 Å². The molecule has 0 N–H and O–H groups in total. The van der Waals surface area contributed by atoms with E-state index in [1.165, 1.54) is 0 Å². The van der Waals surface area contributed by atoms with Crippen molar-refractivity contribution in [2.24, 2.45) is 0 Å². The minimum atomic E-state index is -1.75. The van der Waals surface area contributed by atoms with Crippen molar-refractivity contribution in [2.75, 3.05) is 0 Å². The number of rotatable bonds is 0. The van der Waals surface area contributed by atoms with Crippen molar-refractivity contribution in [3.63, 3.8) is 0 Å². The summed E-state index contributed by atoms with van der Waals surface area (Å²) in [6.45, 7) is 0. The Labute approximate surface area is 70.0 Å². The molecule has 0 heterocycles. The van der Waals surface area contributed by atoms with Crippen molar-refractivity contribution in [3.05, 3.63) is 15.3 Å². The van der Waals surface area contributed by atoms with E-state index in [4.69, 9.17) is 15.3 Å². The third-order valence-corrected chi connectivity index (χ3v) is 0. The molecule has 0 aromatic rings. The molecule has 4 nitrogen and oxygen atoms in total. The molecule has 0 aliphatic rings. The van der Waals surface area contributed by atoms with Crippen LogP contribution in [0, 0.1) is 15.3 Å². The number of hydrogen-bond acceptors (Lipinski definition) is 3. The molecule has 6 heavy (non-hydrogen) atoms. The van der Waals surface area contributed by atoms with Gasteiger partial charge >= 0.3 is 27.7 Å². The van der Waals surface area contributed by atoms with E-state index in [0.29, 0.717) is 0 Å². The van der Waals surface area contributed by atoms with Gasteiger partial charge in [0.25, 0.3) is 0 Å². The number of nitrogens with zero attached hydrogens (tertiary/aromatic N) is 1. The Morgan fingerprint density at radius 2 is 1.33 bits per heavy atom. The summed E-state index contributed by atoms with van der Waals surface area (Å²) in [5, 5.41) is 14.8. The Kier molecular flexibility index (Phi) is 24.5. The number of hydrogen-bond donors (Lipinski definition) is 0. The zero-order valence-electron chi connectivity index (χ0n) is 2.68. The van der Waals surface area contributed by atoms with Gasteiger partial charge in [-0.05, 0) is 0 Å². The maximum atomic E-state index is 8.25. The molecule has 0 unspecified atom stereocenters. The molecule has 1 radical (unpaired) electrons. The van der Waals surface area contributed by atoms with Gasteiger partial charge in [0.15, 0.2) is 0 Å². The molecule has 0 spiro atoms. The normalized spacial score (nSPS) is 4.00. The van der Waals surface area contributed by atoms with Crippen LogP contribution in [0.2, 0.25) is 0 Å². The van der Waals surface area contributed by atoms with Gasteiger partial charge in [-0.15, -0.1) is 0 Å². The summed E-state index contributed by atoms with van der Waals surface area (Å²) in [6, 6.07) is 0. The summed E-state index contributed by atoms with van der Waals surface area (Å²) in [6.07, 6.45) is 0. The minimum Gasteiger partial charge on any atom is -0.356 e. The standard InChI is InChI=1S/Ag.Hg.NO3/c;;2-1(3)4/q;+2;-1. The van der Waals surface area contributed by atoms with E-state index in [1.54, 1.807) is 0 Å². The second-order valence-electron chi connectivity index (χ2n) is 0.224. The average Bonchev–Trinajstić information content (AvgIpc) is 0.811. The van der Waals surface area contributed by atoms with E-state index in [-0.39, 0.29) is 50.0 Å². The van der Waals surface area contributed by atoms with E-state index in [0.717, 1.165) is 0 Å². The van der Waals surface area contributed by atoms with Crippen molar-refractivity contribution in [3.8, 4) is 0 Å². The third kappa shape index (κ3) is 95.6. The molecule has 0 aromatic heterocycles. The molecule has 6 heteroatoms. The molecule has 0 rings (SSSR count). The van der Waals surface area contributed by atoms with Gasteiger partial charge in [0.1, 0.15) is 0 Å². The first-order valence-corrected chi connectivity index (χ1v) is 0.548. The van der Waals surface area contributed by atoms with Crippen molar-refractivity contribution < 1.29 is 55.1 Å². The average molecular weight is 370 g/mol. The predicted molar refractivity (Wildman–Crippen MR) is 10.4 cm³/mol.